The Morgan fingerprint density at radius 1 is 1.03 bits per heavy atom. The molecule has 0 saturated carbocycles. The summed E-state index contributed by atoms with van der Waals surface area (Å²) in [6.07, 6.45) is 4.48. The summed E-state index contributed by atoms with van der Waals surface area (Å²) in [4.78, 5) is 19.5. The summed E-state index contributed by atoms with van der Waals surface area (Å²) in [7, 11) is 3.30. The van der Waals surface area contributed by atoms with Crippen LogP contribution in [0.25, 0.3) is 0 Å². The number of hydrogen-bond acceptors (Lipinski definition) is 8. The van der Waals surface area contributed by atoms with Crippen LogP contribution in [-0.4, -0.2) is 43.3 Å². The number of amides is 1. The lowest BCUT2D eigenvalue weighted by atomic mass is 10.1. The molecule has 1 N–H and O–H groups in total. The molecule has 1 amide bonds. The minimum absolute atomic E-state index is 0.113. The molecule has 0 aliphatic carbocycles. The topological polar surface area (TPSA) is 82.2 Å². The van der Waals surface area contributed by atoms with Crippen molar-refractivity contribution in [1.29, 1.82) is 0 Å². The second-order valence-corrected chi connectivity index (χ2v) is 9.90. The van der Waals surface area contributed by atoms with Crippen molar-refractivity contribution in [1.82, 2.24) is 15.2 Å². The molecule has 37 heavy (non-hydrogen) atoms. The number of unbranched alkanes of at least 4 members (excludes halogenated alkanes) is 3. The number of carbonyl (C=O) groups excluding carboxylic acids is 1. The zero-order valence-electron chi connectivity index (χ0n) is 21.7. The van der Waals surface area contributed by atoms with Gasteiger partial charge in [-0.25, -0.2) is 4.98 Å². The van der Waals surface area contributed by atoms with Gasteiger partial charge in [-0.2, -0.15) is 0 Å². The van der Waals surface area contributed by atoms with E-state index in [-0.39, 0.29) is 12.7 Å². The number of carbonyl (C=O) groups is 1. The van der Waals surface area contributed by atoms with Gasteiger partial charge in [0.25, 0.3) is 5.91 Å². The molecule has 198 valence electrons. The normalized spacial score (nSPS) is 12.1. The molecule has 0 unspecified atom stereocenters. The van der Waals surface area contributed by atoms with Crippen molar-refractivity contribution in [3.8, 4) is 23.0 Å². The SMILES string of the molecule is CCCCCCNC(=O)c1csc(CN(Cc2ccc3c(c2)OCO3)Cc2ccc(OC)cc2OC)n1. The summed E-state index contributed by atoms with van der Waals surface area (Å²) in [6, 6.07) is 11.8. The Hall–Kier alpha value is -3.30. The number of benzene rings is 2. The fourth-order valence-electron chi connectivity index (χ4n) is 4.21. The van der Waals surface area contributed by atoms with E-state index in [4.69, 9.17) is 18.9 Å². The Bertz CT molecular complexity index is 1180. The number of rotatable bonds is 14. The van der Waals surface area contributed by atoms with Crippen molar-refractivity contribution >= 4 is 17.2 Å². The van der Waals surface area contributed by atoms with E-state index in [1.54, 1.807) is 14.2 Å². The molecule has 0 fully saturated rings. The summed E-state index contributed by atoms with van der Waals surface area (Å²) in [5.41, 5.74) is 2.60. The van der Waals surface area contributed by atoms with E-state index in [9.17, 15) is 4.79 Å². The molecule has 0 spiro atoms. The van der Waals surface area contributed by atoms with Gasteiger partial charge in [0.05, 0.1) is 20.8 Å². The van der Waals surface area contributed by atoms with Crippen LogP contribution in [0.5, 0.6) is 23.0 Å². The number of methoxy groups -OCH3 is 2. The number of ether oxygens (including phenoxy) is 4. The molecular formula is C28H35N3O5S. The summed E-state index contributed by atoms with van der Waals surface area (Å²) >= 11 is 1.50. The van der Waals surface area contributed by atoms with E-state index in [1.807, 2.05) is 41.8 Å². The van der Waals surface area contributed by atoms with E-state index in [0.29, 0.717) is 31.9 Å². The van der Waals surface area contributed by atoms with Crippen molar-refractivity contribution in [2.24, 2.45) is 0 Å². The first-order chi connectivity index (χ1) is 18.1. The average molecular weight is 526 g/mol. The molecular weight excluding hydrogens is 490 g/mol. The van der Waals surface area contributed by atoms with Gasteiger partial charge < -0.3 is 24.3 Å². The highest BCUT2D eigenvalue weighted by molar-refractivity contribution is 7.09. The van der Waals surface area contributed by atoms with E-state index in [2.05, 4.69) is 22.1 Å². The van der Waals surface area contributed by atoms with Crippen LogP contribution in [0.15, 0.2) is 41.8 Å². The van der Waals surface area contributed by atoms with Crippen LogP contribution in [0.2, 0.25) is 0 Å². The van der Waals surface area contributed by atoms with Gasteiger partial charge in [0, 0.05) is 36.6 Å². The van der Waals surface area contributed by atoms with Crippen LogP contribution < -0.4 is 24.3 Å². The summed E-state index contributed by atoms with van der Waals surface area (Å²) < 4.78 is 22.0. The largest absolute Gasteiger partial charge is 0.497 e. The van der Waals surface area contributed by atoms with Gasteiger partial charge in [-0.05, 0) is 30.2 Å². The molecule has 3 aromatic rings. The quantitative estimate of drug-likeness (QED) is 0.282. The standard InChI is InChI=1S/C28H35N3O5S/c1-4-5-6-7-12-29-28(32)23-18-37-27(30-23)17-31(15-20-8-11-24-26(13-20)36-19-35-24)16-21-9-10-22(33-2)14-25(21)34-3/h8-11,13-14,18H,4-7,12,15-17,19H2,1-3H3,(H,29,32). The second kappa shape index (κ2) is 13.3. The number of fused-ring (bicyclic) bond motifs is 1. The maximum Gasteiger partial charge on any atom is 0.270 e. The van der Waals surface area contributed by atoms with E-state index < -0.39 is 0 Å². The van der Waals surface area contributed by atoms with Crippen molar-refractivity contribution in [2.75, 3.05) is 27.6 Å². The number of nitrogens with one attached hydrogen (secondary N) is 1. The minimum atomic E-state index is -0.113. The third-order valence-electron chi connectivity index (χ3n) is 6.19. The van der Waals surface area contributed by atoms with Crippen LogP contribution in [-0.2, 0) is 19.6 Å². The summed E-state index contributed by atoms with van der Waals surface area (Å²) in [5, 5.41) is 5.71. The van der Waals surface area contributed by atoms with Crippen LogP contribution >= 0.6 is 11.3 Å². The monoisotopic (exact) mass is 525 g/mol. The molecule has 8 nitrogen and oxygen atoms in total. The van der Waals surface area contributed by atoms with Gasteiger partial charge in [0.2, 0.25) is 6.79 Å². The highest BCUT2D eigenvalue weighted by Gasteiger charge is 2.18. The fraction of sp³-hybridized carbons (Fsp3) is 0.429. The van der Waals surface area contributed by atoms with Gasteiger partial charge in [-0.15, -0.1) is 11.3 Å². The summed E-state index contributed by atoms with van der Waals surface area (Å²) in [6.45, 7) is 4.96. The Balaban J connectivity index is 1.48. The van der Waals surface area contributed by atoms with Crippen LogP contribution in [0, 0.1) is 0 Å². The molecule has 1 aromatic heterocycles. The number of nitrogens with zero attached hydrogens (tertiary/aromatic N) is 2. The van der Waals surface area contributed by atoms with Gasteiger partial charge in [0.1, 0.15) is 22.2 Å². The Morgan fingerprint density at radius 2 is 1.89 bits per heavy atom. The summed E-state index contributed by atoms with van der Waals surface area (Å²) in [5.74, 6) is 2.91. The molecule has 0 radical (unpaired) electrons. The predicted octanol–water partition coefficient (Wildman–Crippen LogP) is 5.40. The van der Waals surface area contributed by atoms with Gasteiger partial charge >= 0.3 is 0 Å². The smallest absolute Gasteiger partial charge is 0.270 e. The molecule has 0 saturated heterocycles. The van der Waals surface area contributed by atoms with E-state index in [0.717, 1.165) is 52.0 Å². The zero-order chi connectivity index (χ0) is 26.0. The van der Waals surface area contributed by atoms with E-state index in [1.165, 1.54) is 24.2 Å². The lowest BCUT2D eigenvalue weighted by Crippen LogP contribution is -2.25. The first kappa shape index (κ1) is 26.8. The lowest BCUT2D eigenvalue weighted by Gasteiger charge is -2.23. The van der Waals surface area contributed by atoms with Gasteiger partial charge in [0.15, 0.2) is 11.5 Å². The third kappa shape index (κ3) is 7.36. The number of aromatic nitrogens is 1. The van der Waals surface area contributed by atoms with Crippen LogP contribution in [0.3, 0.4) is 0 Å². The maximum atomic E-state index is 12.6. The Morgan fingerprint density at radius 3 is 2.70 bits per heavy atom. The number of hydrogen-bond donors (Lipinski definition) is 1. The predicted molar refractivity (Wildman–Crippen MR) is 144 cm³/mol. The van der Waals surface area contributed by atoms with Crippen molar-refractivity contribution in [3.63, 3.8) is 0 Å². The molecule has 0 bridgehead atoms. The molecule has 9 heteroatoms. The second-order valence-electron chi connectivity index (χ2n) is 8.95. The van der Waals surface area contributed by atoms with Crippen molar-refractivity contribution in [2.45, 2.75) is 52.2 Å². The van der Waals surface area contributed by atoms with E-state index >= 15 is 0 Å². The minimum Gasteiger partial charge on any atom is -0.497 e. The first-order valence-electron chi connectivity index (χ1n) is 12.6. The van der Waals surface area contributed by atoms with Crippen molar-refractivity contribution in [3.05, 3.63) is 63.6 Å². The Kier molecular flexibility index (Phi) is 9.62. The van der Waals surface area contributed by atoms with Crippen LogP contribution in [0.1, 0.15) is 59.2 Å². The molecule has 1 aliphatic rings. The molecule has 2 aromatic carbocycles. The highest BCUT2D eigenvalue weighted by atomic mass is 32.1. The molecule has 0 atom stereocenters. The zero-order valence-corrected chi connectivity index (χ0v) is 22.6. The average Bonchev–Trinajstić information content (AvgIpc) is 3.58. The van der Waals surface area contributed by atoms with Gasteiger partial charge in [-0.3, -0.25) is 9.69 Å². The fourth-order valence-corrected chi connectivity index (χ4v) is 5.03. The molecule has 1 aliphatic heterocycles. The van der Waals surface area contributed by atoms with Crippen LogP contribution in [0.4, 0.5) is 0 Å². The Labute approximate surface area is 222 Å². The molecule has 4 rings (SSSR count). The number of thiazole rings is 1. The third-order valence-corrected chi connectivity index (χ3v) is 7.02. The maximum absolute atomic E-state index is 12.6. The highest BCUT2D eigenvalue weighted by Crippen LogP contribution is 2.33. The molecule has 2 heterocycles. The van der Waals surface area contributed by atoms with Gasteiger partial charge in [-0.1, -0.05) is 38.3 Å². The lowest BCUT2D eigenvalue weighted by molar-refractivity contribution is 0.0948. The van der Waals surface area contributed by atoms with Crippen molar-refractivity contribution < 1.29 is 23.7 Å². The first-order valence-corrected chi connectivity index (χ1v) is 13.5.